The Labute approximate surface area is 102 Å². The van der Waals surface area contributed by atoms with Crippen molar-refractivity contribution < 1.29 is 9.90 Å². The summed E-state index contributed by atoms with van der Waals surface area (Å²) in [4.78, 5) is 10.7. The minimum Gasteiger partial charge on any atom is -0.478 e. The average Bonchev–Trinajstić information content (AvgIpc) is 2.33. The van der Waals surface area contributed by atoms with Crippen molar-refractivity contribution in [2.75, 3.05) is 5.32 Å². The summed E-state index contributed by atoms with van der Waals surface area (Å²) < 4.78 is 0. The van der Waals surface area contributed by atoms with Crippen molar-refractivity contribution in [1.82, 2.24) is 0 Å². The Hall–Kier alpha value is -1.51. The number of nitrogens with one attached hydrogen (secondary N) is 1. The molecule has 1 saturated carbocycles. The lowest BCUT2D eigenvalue weighted by Gasteiger charge is -2.30. The first-order valence-corrected chi connectivity index (χ1v) is 6.26. The van der Waals surface area contributed by atoms with E-state index in [9.17, 15) is 4.79 Å². The zero-order valence-electron chi connectivity index (χ0n) is 10.1. The van der Waals surface area contributed by atoms with Gasteiger partial charge in [-0.3, -0.25) is 0 Å². The van der Waals surface area contributed by atoms with Gasteiger partial charge in [0.25, 0.3) is 0 Å². The molecular weight excluding hydrogens is 214 g/mol. The molecule has 0 heterocycles. The van der Waals surface area contributed by atoms with Crippen LogP contribution in [0.25, 0.3) is 0 Å². The fourth-order valence-corrected chi connectivity index (χ4v) is 2.45. The van der Waals surface area contributed by atoms with Crippen molar-refractivity contribution in [1.29, 1.82) is 0 Å². The van der Waals surface area contributed by atoms with E-state index in [1.807, 2.05) is 12.1 Å². The molecule has 0 aliphatic heterocycles. The molecule has 17 heavy (non-hydrogen) atoms. The number of benzene rings is 1. The second-order valence-electron chi connectivity index (χ2n) is 4.90. The van der Waals surface area contributed by atoms with Crippen LogP contribution in [0.4, 0.5) is 5.69 Å². The van der Waals surface area contributed by atoms with Crippen LogP contribution in [0.2, 0.25) is 0 Å². The fourth-order valence-electron chi connectivity index (χ4n) is 2.45. The van der Waals surface area contributed by atoms with Crippen LogP contribution in [0.5, 0.6) is 0 Å². The Morgan fingerprint density at radius 1 is 1.24 bits per heavy atom. The predicted molar refractivity (Wildman–Crippen MR) is 68.4 cm³/mol. The van der Waals surface area contributed by atoms with Gasteiger partial charge in [-0.25, -0.2) is 4.79 Å². The second kappa shape index (κ2) is 5.21. The van der Waals surface area contributed by atoms with Crippen molar-refractivity contribution in [3.63, 3.8) is 0 Å². The van der Waals surface area contributed by atoms with E-state index < -0.39 is 5.97 Å². The smallest absolute Gasteiger partial charge is 0.335 e. The first-order valence-electron chi connectivity index (χ1n) is 6.26. The summed E-state index contributed by atoms with van der Waals surface area (Å²) in [5.74, 6) is -0.175. The summed E-state index contributed by atoms with van der Waals surface area (Å²) in [6.45, 7) is 2.28. The molecule has 1 aromatic rings. The lowest BCUT2D eigenvalue weighted by Crippen LogP contribution is -2.30. The summed E-state index contributed by atoms with van der Waals surface area (Å²) in [6, 6.07) is 7.53. The quantitative estimate of drug-likeness (QED) is 0.841. The van der Waals surface area contributed by atoms with E-state index in [4.69, 9.17) is 5.11 Å². The van der Waals surface area contributed by atoms with Gasteiger partial charge in [-0.1, -0.05) is 19.8 Å². The molecule has 2 atom stereocenters. The zero-order valence-corrected chi connectivity index (χ0v) is 10.1. The SMILES string of the molecule is CC1CCCCC1Nc1ccc(C(=O)O)cc1. The molecule has 3 heteroatoms. The van der Waals surface area contributed by atoms with Crippen LogP contribution in [0.15, 0.2) is 24.3 Å². The van der Waals surface area contributed by atoms with Crippen LogP contribution in [0.1, 0.15) is 43.0 Å². The standard InChI is InChI=1S/C14H19NO2/c1-10-4-2-3-5-13(10)15-12-8-6-11(7-9-12)14(16)17/h6-10,13,15H,2-5H2,1H3,(H,16,17). The van der Waals surface area contributed by atoms with Gasteiger partial charge in [0, 0.05) is 11.7 Å². The number of carbonyl (C=O) groups is 1. The van der Waals surface area contributed by atoms with Crippen LogP contribution in [0, 0.1) is 5.92 Å². The van der Waals surface area contributed by atoms with Gasteiger partial charge in [0.2, 0.25) is 0 Å². The molecule has 92 valence electrons. The third-order valence-electron chi connectivity index (χ3n) is 3.60. The van der Waals surface area contributed by atoms with E-state index >= 15 is 0 Å². The molecule has 0 bridgehead atoms. The number of carboxylic acids is 1. The highest BCUT2D eigenvalue weighted by Gasteiger charge is 2.20. The van der Waals surface area contributed by atoms with Gasteiger partial charge in [-0.15, -0.1) is 0 Å². The molecule has 0 saturated heterocycles. The van der Waals surface area contributed by atoms with Crippen LogP contribution in [0.3, 0.4) is 0 Å². The Bertz CT molecular complexity index is 386. The Morgan fingerprint density at radius 3 is 2.47 bits per heavy atom. The van der Waals surface area contributed by atoms with Crippen LogP contribution >= 0.6 is 0 Å². The van der Waals surface area contributed by atoms with Gasteiger partial charge in [-0.05, 0) is 43.0 Å². The minimum absolute atomic E-state index is 0.340. The fraction of sp³-hybridized carbons (Fsp3) is 0.500. The number of hydrogen-bond donors (Lipinski definition) is 2. The van der Waals surface area contributed by atoms with Crippen molar-refractivity contribution >= 4 is 11.7 Å². The second-order valence-corrected chi connectivity index (χ2v) is 4.90. The summed E-state index contributed by atoms with van der Waals surface area (Å²) in [7, 11) is 0. The summed E-state index contributed by atoms with van der Waals surface area (Å²) in [5.41, 5.74) is 1.36. The third-order valence-corrected chi connectivity index (χ3v) is 3.60. The number of aromatic carboxylic acids is 1. The average molecular weight is 233 g/mol. The van der Waals surface area contributed by atoms with Crippen molar-refractivity contribution in [2.24, 2.45) is 5.92 Å². The maximum absolute atomic E-state index is 10.7. The third kappa shape index (κ3) is 2.99. The Morgan fingerprint density at radius 2 is 1.88 bits per heavy atom. The summed E-state index contributed by atoms with van der Waals surface area (Å²) >= 11 is 0. The van der Waals surface area contributed by atoms with Crippen molar-refractivity contribution in [3.05, 3.63) is 29.8 Å². The zero-order chi connectivity index (χ0) is 12.3. The molecular formula is C14H19NO2. The molecule has 1 aromatic carbocycles. The lowest BCUT2D eigenvalue weighted by molar-refractivity contribution is 0.0697. The van der Waals surface area contributed by atoms with Gasteiger partial charge < -0.3 is 10.4 Å². The van der Waals surface area contributed by atoms with Crippen LogP contribution in [-0.2, 0) is 0 Å². The Balaban J connectivity index is 2.00. The predicted octanol–water partition coefficient (Wildman–Crippen LogP) is 3.38. The van der Waals surface area contributed by atoms with E-state index in [1.165, 1.54) is 25.7 Å². The van der Waals surface area contributed by atoms with Crippen molar-refractivity contribution in [2.45, 2.75) is 38.6 Å². The lowest BCUT2D eigenvalue weighted by atomic mass is 9.86. The van der Waals surface area contributed by atoms with Gasteiger partial charge >= 0.3 is 5.97 Å². The number of anilines is 1. The number of carboxylic acid groups (broad SMARTS) is 1. The molecule has 3 nitrogen and oxygen atoms in total. The topological polar surface area (TPSA) is 49.3 Å². The minimum atomic E-state index is -0.873. The van der Waals surface area contributed by atoms with Gasteiger partial charge in [0.1, 0.15) is 0 Å². The van der Waals surface area contributed by atoms with E-state index in [2.05, 4.69) is 12.2 Å². The van der Waals surface area contributed by atoms with Gasteiger partial charge in [-0.2, -0.15) is 0 Å². The largest absolute Gasteiger partial charge is 0.478 e. The maximum atomic E-state index is 10.7. The molecule has 0 spiro atoms. The first-order chi connectivity index (χ1) is 8.16. The molecule has 1 fully saturated rings. The highest BCUT2D eigenvalue weighted by atomic mass is 16.4. The van der Waals surface area contributed by atoms with Crippen LogP contribution < -0.4 is 5.32 Å². The summed E-state index contributed by atoms with van der Waals surface area (Å²) in [5, 5.41) is 12.3. The molecule has 1 aliphatic rings. The monoisotopic (exact) mass is 233 g/mol. The summed E-state index contributed by atoms with van der Waals surface area (Å²) in [6.07, 6.45) is 5.11. The number of rotatable bonds is 3. The van der Waals surface area contributed by atoms with Crippen LogP contribution in [-0.4, -0.2) is 17.1 Å². The first kappa shape index (κ1) is 12.0. The number of hydrogen-bond acceptors (Lipinski definition) is 2. The van der Waals surface area contributed by atoms with Gasteiger partial charge in [0.05, 0.1) is 5.56 Å². The molecule has 2 unspecified atom stereocenters. The Kier molecular flexibility index (Phi) is 3.67. The highest BCUT2D eigenvalue weighted by Crippen LogP contribution is 2.26. The van der Waals surface area contributed by atoms with Crippen molar-refractivity contribution in [3.8, 4) is 0 Å². The maximum Gasteiger partial charge on any atom is 0.335 e. The normalized spacial score (nSPS) is 24.3. The van der Waals surface area contributed by atoms with E-state index in [-0.39, 0.29) is 0 Å². The molecule has 1 aliphatic carbocycles. The molecule has 0 radical (unpaired) electrons. The molecule has 0 aromatic heterocycles. The molecule has 2 rings (SSSR count). The van der Waals surface area contributed by atoms with E-state index in [0.29, 0.717) is 17.5 Å². The highest BCUT2D eigenvalue weighted by molar-refractivity contribution is 5.87. The van der Waals surface area contributed by atoms with E-state index in [1.54, 1.807) is 12.1 Å². The van der Waals surface area contributed by atoms with E-state index in [0.717, 1.165) is 5.69 Å². The molecule has 2 N–H and O–H groups in total. The van der Waals surface area contributed by atoms with Gasteiger partial charge in [0.15, 0.2) is 0 Å². The molecule has 0 amide bonds.